The number of nitrogens with one attached hydrogen (secondary N) is 1. The average molecular weight is 375 g/mol. The van der Waals surface area contributed by atoms with Crippen LogP contribution >= 0.6 is 15.9 Å². The summed E-state index contributed by atoms with van der Waals surface area (Å²) >= 11 is 2.81. The van der Waals surface area contributed by atoms with Crippen LogP contribution in [0.25, 0.3) is 0 Å². The maximum Gasteiger partial charge on any atom is 0.573 e. The molecule has 0 spiro atoms. The van der Waals surface area contributed by atoms with Crippen molar-refractivity contribution in [2.45, 2.75) is 12.5 Å². The molecule has 0 saturated carbocycles. The highest BCUT2D eigenvalue weighted by Gasteiger charge is 2.33. The number of nitrogens with zero attached hydrogens (tertiary/aromatic N) is 1. The number of aliphatic hydroxyl groups is 2. The van der Waals surface area contributed by atoms with Crippen molar-refractivity contribution in [1.29, 1.82) is 0 Å². The van der Waals surface area contributed by atoms with Crippen LogP contribution in [0, 0.1) is 10.1 Å². The molecule has 7 nitrogen and oxygen atoms in total. The topological polar surface area (TPSA) is 105 Å². The number of hydrogen-bond donors (Lipinski definition) is 3. The van der Waals surface area contributed by atoms with Gasteiger partial charge in [0.15, 0.2) is 5.75 Å². The van der Waals surface area contributed by atoms with Crippen LogP contribution < -0.4 is 10.1 Å². The molecule has 21 heavy (non-hydrogen) atoms. The highest BCUT2D eigenvalue weighted by Crippen LogP contribution is 2.38. The number of benzene rings is 1. The fourth-order valence-electron chi connectivity index (χ4n) is 1.33. The van der Waals surface area contributed by atoms with Crippen LogP contribution in [0.15, 0.2) is 16.6 Å². The summed E-state index contributed by atoms with van der Waals surface area (Å²) in [5.74, 6) is -0.762. The lowest BCUT2D eigenvalue weighted by Crippen LogP contribution is -2.23. The Morgan fingerprint density at radius 2 is 2.10 bits per heavy atom. The van der Waals surface area contributed by atoms with Gasteiger partial charge in [-0.2, -0.15) is 0 Å². The second kappa shape index (κ2) is 6.91. The molecular formula is C10H10BrF3N2O5. The molecule has 3 N–H and O–H groups in total. The van der Waals surface area contributed by atoms with Crippen LogP contribution in [-0.4, -0.2) is 40.8 Å². The van der Waals surface area contributed by atoms with E-state index in [9.17, 15) is 23.3 Å². The fourth-order valence-corrected chi connectivity index (χ4v) is 1.75. The first-order valence-electron chi connectivity index (χ1n) is 5.40. The van der Waals surface area contributed by atoms with Gasteiger partial charge in [-0.1, -0.05) is 0 Å². The number of nitro groups is 1. The number of alkyl halides is 3. The molecule has 0 radical (unpaired) electrons. The van der Waals surface area contributed by atoms with E-state index in [1.54, 1.807) is 0 Å². The number of rotatable bonds is 6. The van der Waals surface area contributed by atoms with Crippen LogP contribution in [0.5, 0.6) is 5.75 Å². The maximum absolute atomic E-state index is 12.2. The quantitative estimate of drug-likeness (QED) is 0.519. The van der Waals surface area contributed by atoms with Crippen LogP contribution in [0.1, 0.15) is 0 Å². The molecule has 1 aromatic rings. The van der Waals surface area contributed by atoms with Gasteiger partial charge >= 0.3 is 6.36 Å². The molecule has 0 aliphatic heterocycles. The number of ether oxygens (including phenoxy) is 1. The predicted octanol–water partition coefficient (Wildman–Crippen LogP) is 2.02. The first kappa shape index (κ1) is 17.5. The van der Waals surface area contributed by atoms with Gasteiger partial charge in [0.05, 0.1) is 28.2 Å². The van der Waals surface area contributed by atoms with E-state index in [1.165, 1.54) is 0 Å². The van der Waals surface area contributed by atoms with Crippen LogP contribution in [0.3, 0.4) is 0 Å². The highest BCUT2D eigenvalue weighted by molar-refractivity contribution is 9.10. The first-order valence-corrected chi connectivity index (χ1v) is 6.20. The van der Waals surface area contributed by atoms with Gasteiger partial charge in [-0.05, 0) is 22.0 Å². The largest absolute Gasteiger partial charge is 0.573 e. The molecule has 1 rings (SSSR count). The molecule has 0 fully saturated rings. The predicted molar refractivity (Wildman–Crippen MR) is 69.1 cm³/mol. The van der Waals surface area contributed by atoms with E-state index in [0.717, 1.165) is 6.07 Å². The Morgan fingerprint density at radius 3 is 2.57 bits per heavy atom. The summed E-state index contributed by atoms with van der Waals surface area (Å²) in [6.45, 7) is -0.791. The Labute approximate surface area is 124 Å². The summed E-state index contributed by atoms with van der Waals surface area (Å²) < 4.78 is 40.0. The van der Waals surface area contributed by atoms with Gasteiger partial charge in [-0.25, -0.2) is 0 Å². The lowest BCUT2D eigenvalue weighted by Gasteiger charge is -2.14. The Hall–Kier alpha value is -1.59. The van der Waals surface area contributed by atoms with Crippen LogP contribution in [0.4, 0.5) is 24.5 Å². The van der Waals surface area contributed by atoms with Gasteiger partial charge in [0.2, 0.25) is 0 Å². The molecule has 0 amide bonds. The minimum Gasteiger partial charge on any atom is -0.404 e. The van der Waals surface area contributed by atoms with E-state index in [2.05, 4.69) is 26.0 Å². The van der Waals surface area contributed by atoms with Crippen molar-refractivity contribution in [2.75, 3.05) is 18.5 Å². The third kappa shape index (κ3) is 5.36. The summed E-state index contributed by atoms with van der Waals surface area (Å²) in [5.41, 5.74) is -0.795. The molecule has 0 aliphatic rings. The third-order valence-electron chi connectivity index (χ3n) is 2.21. The SMILES string of the molecule is O=[N+]([O-])c1cc(OC(F)(F)F)c(Br)cc1NCC(O)CO. The molecule has 11 heteroatoms. The standard InChI is InChI=1S/C10H10BrF3N2O5/c11-6-1-7(15-3-5(18)4-17)8(16(19)20)2-9(6)21-10(12,13)14/h1-2,5,15,17-18H,3-4H2. The zero-order valence-electron chi connectivity index (χ0n) is 10.2. The summed E-state index contributed by atoms with van der Waals surface area (Å²) in [4.78, 5) is 9.97. The van der Waals surface area contributed by atoms with E-state index in [0.29, 0.717) is 6.07 Å². The molecule has 1 atom stereocenters. The first-order chi connectivity index (χ1) is 9.64. The fraction of sp³-hybridized carbons (Fsp3) is 0.400. The summed E-state index contributed by atoms with van der Waals surface area (Å²) in [7, 11) is 0. The smallest absolute Gasteiger partial charge is 0.404 e. The van der Waals surface area contributed by atoms with Gasteiger partial charge in [-0.3, -0.25) is 10.1 Å². The summed E-state index contributed by atoms with van der Waals surface area (Å²) in [5, 5.41) is 31.1. The Morgan fingerprint density at radius 1 is 1.48 bits per heavy atom. The maximum atomic E-state index is 12.2. The van der Waals surface area contributed by atoms with Crippen LogP contribution in [0.2, 0.25) is 0 Å². The van der Waals surface area contributed by atoms with E-state index >= 15 is 0 Å². The third-order valence-corrected chi connectivity index (χ3v) is 2.83. The van der Waals surface area contributed by atoms with Crippen LogP contribution in [-0.2, 0) is 0 Å². The zero-order chi connectivity index (χ0) is 16.2. The molecule has 0 aromatic heterocycles. The van der Waals surface area contributed by atoms with Gasteiger partial charge in [0, 0.05) is 6.54 Å². The summed E-state index contributed by atoms with van der Waals surface area (Å²) in [6, 6.07) is 1.62. The number of hydrogen-bond acceptors (Lipinski definition) is 6. The Balaban J connectivity index is 3.09. The van der Waals surface area contributed by atoms with Gasteiger partial charge < -0.3 is 20.3 Å². The summed E-state index contributed by atoms with van der Waals surface area (Å²) in [6.07, 6.45) is -6.16. The molecule has 0 aliphatic carbocycles. The molecule has 0 heterocycles. The van der Waals surface area contributed by atoms with E-state index in [-0.39, 0.29) is 16.7 Å². The van der Waals surface area contributed by atoms with Crippen molar-refractivity contribution >= 4 is 27.3 Å². The monoisotopic (exact) mass is 374 g/mol. The molecule has 0 saturated heterocycles. The van der Waals surface area contributed by atoms with Crippen molar-refractivity contribution in [3.05, 3.63) is 26.7 Å². The Kier molecular flexibility index (Phi) is 5.75. The van der Waals surface area contributed by atoms with Crippen molar-refractivity contribution < 1.29 is 33.0 Å². The lowest BCUT2D eigenvalue weighted by atomic mass is 10.2. The molecule has 1 unspecified atom stereocenters. The number of halogens is 4. The number of anilines is 1. The van der Waals surface area contributed by atoms with Crippen molar-refractivity contribution in [1.82, 2.24) is 0 Å². The second-order valence-electron chi connectivity index (χ2n) is 3.82. The van der Waals surface area contributed by atoms with Crippen molar-refractivity contribution in [3.63, 3.8) is 0 Å². The van der Waals surface area contributed by atoms with Gasteiger partial charge in [0.25, 0.3) is 5.69 Å². The minimum atomic E-state index is -4.99. The Bertz CT molecular complexity index is 526. The van der Waals surface area contributed by atoms with Gasteiger partial charge in [0.1, 0.15) is 5.69 Å². The molecule has 118 valence electrons. The van der Waals surface area contributed by atoms with Crippen molar-refractivity contribution in [2.24, 2.45) is 0 Å². The second-order valence-corrected chi connectivity index (χ2v) is 4.68. The normalized spacial score (nSPS) is 12.9. The van der Waals surface area contributed by atoms with Gasteiger partial charge in [-0.15, -0.1) is 13.2 Å². The van der Waals surface area contributed by atoms with E-state index in [4.69, 9.17) is 10.2 Å². The zero-order valence-corrected chi connectivity index (χ0v) is 11.8. The minimum absolute atomic E-state index is 0.131. The average Bonchev–Trinajstić information content (AvgIpc) is 2.36. The molecular weight excluding hydrogens is 365 g/mol. The van der Waals surface area contributed by atoms with E-state index < -0.39 is 35.4 Å². The van der Waals surface area contributed by atoms with E-state index in [1.807, 2.05) is 0 Å². The number of nitro benzene ring substituents is 1. The molecule has 0 bridgehead atoms. The lowest BCUT2D eigenvalue weighted by molar-refractivity contribution is -0.384. The highest BCUT2D eigenvalue weighted by atomic mass is 79.9. The molecule has 1 aromatic carbocycles. The van der Waals surface area contributed by atoms with Crippen molar-refractivity contribution in [3.8, 4) is 5.75 Å². The number of aliphatic hydroxyl groups excluding tert-OH is 2.